The molecule has 3 aliphatic rings. The number of likely N-dealkylation sites (N-methyl/N-ethyl adjacent to an activating group) is 1. The molecular formula is C18H19FN4O3. The molecule has 0 amide bonds. The summed E-state index contributed by atoms with van der Waals surface area (Å²) in [6.45, 7) is 1.59. The number of aromatic nitrogens is 2. The molecule has 3 fully saturated rings. The van der Waals surface area contributed by atoms with Gasteiger partial charge in [0.2, 0.25) is 5.43 Å². The number of piperazine rings is 1. The standard InChI is InChI=1S/C18H19FN4O3/c1-21-6-11-4-10(21)7-22(11)17-14(19)5-12-15(24)13(18(25)26)8-23(9-2-3-9)16(12)20-17/h5,8-11H,2-4,6-7H2,1H3,(H,25,26)/t10-,11?/m1/s1. The summed E-state index contributed by atoms with van der Waals surface area (Å²) in [6.07, 6.45) is 4.17. The number of pyridine rings is 2. The van der Waals surface area contributed by atoms with E-state index in [1.165, 1.54) is 12.3 Å². The number of nitrogens with zero attached hydrogens (tertiary/aromatic N) is 4. The summed E-state index contributed by atoms with van der Waals surface area (Å²) in [7, 11) is 2.07. The number of hydrogen-bond acceptors (Lipinski definition) is 5. The Morgan fingerprint density at radius 2 is 2.04 bits per heavy atom. The second kappa shape index (κ2) is 5.26. The van der Waals surface area contributed by atoms with Gasteiger partial charge < -0.3 is 14.6 Å². The van der Waals surface area contributed by atoms with E-state index in [2.05, 4.69) is 16.9 Å². The fraction of sp³-hybridized carbons (Fsp3) is 0.500. The highest BCUT2D eigenvalue weighted by molar-refractivity contribution is 5.92. The first kappa shape index (κ1) is 15.7. The van der Waals surface area contributed by atoms with E-state index in [1.54, 1.807) is 4.57 Å². The number of aromatic carboxylic acids is 1. The molecule has 1 N–H and O–H groups in total. The minimum absolute atomic E-state index is 0.0412. The maximum atomic E-state index is 14.8. The van der Waals surface area contributed by atoms with E-state index < -0.39 is 17.2 Å². The Labute approximate surface area is 148 Å². The Balaban J connectivity index is 1.70. The summed E-state index contributed by atoms with van der Waals surface area (Å²) >= 11 is 0. The number of carboxylic acids is 1. The van der Waals surface area contributed by atoms with Crippen LogP contribution in [0.4, 0.5) is 10.2 Å². The molecule has 2 bridgehead atoms. The highest BCUT2D eigenvalue weighted by Gasteiger charge is 2.43. The molecule has 1 aliphatic carbocycles. The molecule has 7 nitrogen and oxygen atoms in total. The third-order valence-electron chi connectivity index (χ3n) is 5.90. The van der Waals surface area contributed by atoms with Crippen molar-refractivity contribution < 1.29 is 14.3 Å². The van der Waals surface area contributed by atoms with Crippen molar-refractivity contribution in [3.8, 4) is 0 Å². The van der Waals surface area contributed by atoms with Crippen molar-refractivity contribution in [2.75, 3.05) is 25.0 Å². The molecule has 0 radical (unpaired) electrons. The van der Waals surface area contributed by atoms with Gasteiger partial charge in [-0.05, 0) is 32.4 Å². The number of hydrogen-bond donors (Lipinski definition) is 1. The summed E-state index contributed by atoms with van der Waals surface area (Å²) in [5.41, 5.74) is -0.625. The van der Waals surface area contributed by atoms with Crippen LogP contribution in [0, 0.1) is 5.82 Å². The molecule has 2 saturated heterocycles. The predicted octanol–water partition coefficient (Wildman–Crippen LogP) is 1.46. The lowest BCUT2D eigenvalue weighted by Gasteiger charge is -2.33. The average Bonchev–Trinajstić information content (AvgIpc) is 3.26. The molecule has 1 saturated carbocycles. The van der Waals surface area contributed by atoms with Crippen LogP contribution in [0.25, 0.3) is 11.0 Å². The highest BCUT2D eigenvalue weighted by atomic mass is 19.1. The van der Waals surface area contributed by atoms with E-state index >= 15 is 0 Å². The van der Waals surface area contributed by atoms with Crippen molar-refractivity contribution in [1.82, 2.24) is 14.5 Å². The zero-order chi connectivity index (χ0) is 18.2. The molecule has 2 aromatic heterocycles. The summed E-state index contributed by atoms with van der Waals surface area (Å²) in [5.74, 6) is -1.58. The number of carboxylic acid groups (broad SMARTS) is 1. The number of carbonyl (C=O) groups is 1. The molecule has 0 spiro atoms. The van der Waals surface area contributed by atoms with Crippen molar-refractivity contribution in [2.24, 2.45) is 0 Å². The fourth-order valence-electron chi connectivity index (χ4n) is 4.35. The Kier molecular flexibility index (Phi) is 3.19. The van der Waals surface area contributed by atoms with E-state index in [-0.39, 0.29) is 28.9 Å². The van der Waals surface area contributed by atoms with Gasteiger partial charge in [0.05, 0.1) is 5.39 Å². The Bertz CT molecular complexity index is 998. The first-order valence-corrected chi connectivity index (χ1v) is 8.89. The van der Waals surface area contributed by atoms with Gasteiger partial charge in [-0.2, -0.15) is 0 Å². The monoisotopic (exact) mass is 358 g/mol. The van der Waals surface area contributed by atoms with E-state index in [9.17, 15) is 19.1 Å². The van der Waals surface area contributed by atoms with Crippen LogP contribution in [-0.2, 0) is 0 Å². The summed E-state index contributed by atoms with van der Waals surface area (Å²) in [4.78, 5) is 32.7. The maximum Gasteiger partial charge on any atom is 0.341 e. The van der Waals surface area contributed by atoms with E-state index in [4.69, 9.17) is 0 Å². The first-order chi connectivity index (χ1) is 12.4. The van der Waals surface area contributed by atoms with Gasteiger partial charge in [0.1, 0.15) is 11.2 Å². The average molecular weight is 358 g/mol. The van der Waals surface area contributed by atoms with Gasteiger partial charge in [-0.15, -0.1) is 0 Å². The first-order valence-electron chi connectivity index (χ1n) is 8.89. The van der Waals surface area contributed by atoms with Crippen LogP contribution in [0.3, 0.4) is 0 Å². The number of likely N-dealkylation sites (tertiary alicyclic amines) is 1. The van der Waals surface area contributed by atoms with Gasteiger partial charge in [0, 0.05) is 37.4 Å². The summed E-state index contributed by atoms with van der Waals surface area (Å²) < 4.78 is 16.6. The lowest BCUT2D eigenvalue weighted by atomic mass is 10.1. The molecular weight excluding hydrogens is 339 g/mol. The van der Waals surface area contributed by atoms with Crippen LogP contribution < -0.4 is 10.3 Å². The Morgan fingerprint density at radius 1 is 1.27 bits per heavy atom. The molecule has 8 heteroatoms. The molecule has 4 heterocycles. The smallest absolute Gasteiger partial charge is 0.341 e. The zero-order valence-corrected chi connectivity index (χ0v) is 14.4. The SMILES string of the molecule is CN1CC2C[C@@H]1CN2c1nc2c(cc1F)c(=O)c(C(=O)O)cn2C1CC1. The van der Waals surface area contributed by atoms with Crippen LogP contribution in [0.15, 0.2) is 17.1 Å². The third-order valence-corrected chi connectivity index (χ3v) is 5.90. The second-order valence-electron chi connectivity index (χ2n) is 7.62. The van der Waals surface area contributed by atoms with Gasteiger partial charge in [-0.3, -0.25) is 9.69 Å². The lowest BCUT2D eigenvalue weighted by Crippen LogP contribution is -2.45. The van der Waals surface area contributed by atoms with Gasteiger partial charge >= 0.3 is 5.97 Å². The number of halogens is 1. The zero-order valence-electron chi connectivity index (χ0n) is 14.4. The topological polar surface area (TPSA) is 78.7 Å². The molecule has 0 aromatic carbocycles. The Morgan fingerprint density at radius 3 is 2.62 bits per heavy atom. The van der Waals surface area contributed by atoms with Crippen LogP contribution in [0.1, 0.15) is 35.7 Å². The largest absolute Gasteiger partial charge is 0.477 e. The molecule has 5 rings (SSSR count). The maximum absolute atomic E-state index is 14.8. The molecule has 1 unspecified atom stereocenters. The van der Waals surface area contributed by atoms with Crippen molar-refractivity contribution in [2.45, 2.75) is 37.4 Å². The lowest BCUT2D eigenvalue weighted by molar-refractivity contribution is 0.0695. The second-order valence-corrected chi connectivity index (χ2v) is 7.62. The quantitative estimate of drug-likeness (QED) is 0.895. The van der Waals surface area contributed by atoms with E-state index in [0.717, 1.165) is 32.4 Å². The van der Waals surface area contributed by atoms with Gasteiger partial charge in [-0.25, -0.2) is 14.2 Å². The number of fused-ring (bicyclic) bond motifs is 3. The molecule has 2 aromatic rings. The normalized spacial score (nSPS) is 25.4. The molecule has 26 heavy (non-hydrogen) atoms. The number of rotatable bonds is 3. The minimum Gasteiger partial charge on any atom is -0.477 e. The summed E-state index contributed by atoms with van der Waals surface area (Å²) in [5, 5.41) is 9.35. The highest BCUT2D eigenvalue weighted by Crippen LogP contribution is 2.38. The molecule has 2 aliphatic heterocycles. The Hall–Kier alpha value is -2.48. The predicted molar refractivity (Wildman–Crippen MR) is 93.4 cm³/mol. The van der Waals surface area contributed by atoms with E-state index in [0.29, 0.717) is 11.7 Å². The fourth-order valence-corrected chi connectivity index (χ4v) is 4.35. The van der Waals surface area contributed by atoms with Crippen molar-refractivity contribution >= 4 is 22.8 Å². The van der Waals surface area contributed by atoms with Crippen LogP contribution in [0.5, 0.6) is 0 Å². The van der Waals surface area contributed by atoms with Gasteiger partial charge in [0.25, 0.3) is 0 Å². The van der Waals surface area contributed by atoms with Crippen molar-refractivity contribution in [1.29, 1.82) is 0 Å². The van der Waals surface area contributed by atoms with E-state index in [1.807, 2.05) is 4.90 Å². The molecule has 136 valence electrons. The summed E-state index contributed by atoms with van der Waals surface area (Å²) in [6, 6.07) is 1.92. The van der Waals surface area contributed by atoms with Crippen LogP contribution in [-0.4, -0.2) is 57.7 Å². The minimum atomic E-state index is -1.30. The van der Waals surface area contributed by atoms with Crippen molar-refractivity contribution in [3.63, 3.8) is 0 Å². The number of anilines is 1. The van der Waals surface area contributed by atoms with Crippen LogP contribution >= 0.6 is 0 Å². The van der Waals surface area contributed by atoms with Gasteiger partial charge in [-0.1, -0.05) is 0 Å². The molecule has 2 atom stereocenters. The third kappa shape index (κ3) is 2.18. The van der Waals surface area contributed by atoms with Gasteiger partial charge in [0.15, 0.2) is 11.6 Å². The van der Waals surface area contributed by atoms with Crippen molar-refractivity contribution in [3.05, 3.63) is 33.9 Å². The van der Waals surface area contributed by atoms with Crippen LogP contribution in [0.2, 0.25) is 0 Å².